The summed E-state index contributed by atoms with van der Waals surface area (Å²) in [5.74, 6) is -1.40. The third-order valence-electron chi connectivity index (χ3n) is 2.78. The minimum absolute atomic E-state index is 0.106. The van der Waals surface area contributed by atoms with Crippen molar-refractivity contribution in [1.29, 1.82) is 0 Å². The number of carbonyl (C=O) groups excluding carboxylic acids is 1. The lowest BCUT2D eigenvalue weighted by Crippen LogP contribution is -2.39. The van der Waals surface area contributed by atoms with Gasteiger partial charge in [0, 0.05) is 26.2 Å². The molecule has 8 heteroatoms. The van der Waals surface area contributed by atoms with Crippen LogP contribution in [0.5, 0.6) is 0 Å². The number of aromatic nitrogens is 2. The molecule has 1 rings (SSSR count). The Bertz CT molecular complexity index is 602. The summed E-state index contributed by atoms with van der Waals surface area (Å²) in [5.41, 5.74) is -1.37. The van der Waals surface area contributed by atoms with E-state index < -0.39 is 23.1 Å². The molecule has 0 saturated heterocycles. The Morgan fingerprint density at radius 3 is 2.65 bits per heavy atom. The minimum atomic E-state index is -0.842. The van der Waals surface area contributed by atoms with E-state index in [0.717, 1.165) is 10.8 Å². The van der Waals surface area contributed by atoms with Crippen LogP contribution in [-0.4, -0.2) is 33.1 Å². The molecule has 0 fully saturated rings. The normalized spacial score (nSPS) is 10.2. The number of nitrogens with zero attached hydrogens (tertiary/aromatic N) is 1. The van der Waals surface area contributed by atoms with Crippen molar-refractivity contribution in [3.8, 4) is 0 Å². The highest BCUT2D eigenvalue weighted by Crippen LogP contribution is 1.98. The molecule has 3 N–H and O–H groups in total. The summed E-state index contributed by atoms with van der Waals surface area (Å²) in [7, 11) is 1.28. The van der Waals surface area contributed by atoms with Gasteiger partial charge < -0.3 is 15.4 Å². The first-order valence-corrected chi connectivity index (χ1v) is 6.22. The van der Waals surface area contributed by atoms with Crippen LogP contribution < -0.4 is 16.6 Å². The van der Waals surface area contributed by atoms with Crippen LogP contribution in [0.25, 0.3) is 0 Å². The minimum Gasteiger partial charge on any atom is -0.481 e. The van der Waals surface area contributed by atoms with Crippen LogP contribution in [0.3, 0.4) is 0 Å². The molecule has 1 amide bonds. The molecule has 0 aliphatic carbocycles. The van der Waals surface area contributed by atoms with Gasteiger partial charge in [0.05, 0.1) is 0 Å². The second kappa shape index (κ2) is 7.27. The van der Waals surface area contributed by atoms with Gasteiger partial charge in [-0.15, -0.1) is 0 Å². The molecule has 0 bridgehead atoms. The van der Waals surface area contributed by atoms with Crippen LogP contribution in [0.1, 0.15) is 36.0 Å². The smallest absolute Gasteiger partial charge is 0.328 e. The van der Waals surface area contributed by atoms with Gasteiger partial charge in [0.25, 0.3) is 11.5 Å². The lowest BCUT2D eigenvalue weighted by Gasteiger charge is -2.05. The van der Waals surface area contributed by atoms with Crippen molar-refractivity contribution in [3.63, 3.8) is 0 Å². The highest BCUT2D eigenvalue weighted by Gasteiger charge is 2.12. The molecule has 0 aliphatic rings. The predicted octanol–water partition coefficient (Wildman–Crippen LogP) is -0.552. The van der Waals surface area contributed by atoms with Crippen LogP contribution in [0.2, 0.25) is 0 Å². The Labute approximate surface area is 114 Å². The number of carboxylic acids is 1. The van der Waals surface area contributed by atoms with E-state index in [1.807, 2.05) is 0 Å². The number of unbranched alkanes of at least 4 members (excludes halogenated alkanes) is 2. The van der Waals surface area contributed by atoms with Gasteiger partial charge in [0.15, 0.2) is 0 Å². The molecule has 0 saturated carbocycles. The van der Waals surface area contributed by atoms with Crippen molar-refractivity contribution in [2.24, 2.45) is 7.05 Å². The van der Waals surface area contributed by atoms with Crippen molar-refractivity contribution in [2.75, 3.05) is 6.54 Å². The maximum atomic E-state index is 11.7. The highest BCUT2D eigenvalue weighted by molar-refractivity contribution is 5.93. The highest BCUT2D eigenvalue weighted by atomic mass is 16.4. The molecule has 1 aromatic rings. The molecular formula is C12H17N3O5. The number of aromatic amines is 1. The van der Waals surface area contributed by atoms with E-state index in [-0.39, 0.29) is 12.0 Å². The van der Waals surface area contributed by atoms with Crippen molar-refractivity contribution in [3.05, 3.63) is 32.6 Å². The first-order valence-electron chi connectivity index (χ1n) is 6.22. The molecule has 1 heterocycles. The van der Waals surface area contributed by atoms with Crippen LogP contribution in [0.15, 0.2) is 15.8 Å². The SMILES string of the molecule is Cn1c(=O)[nH]cc(C(=O)NCCCCCC(=O)O)c1=O. The zero-order valence-electron chi connectivity index (χ0n) is 11.1. The van der Waals surface area contributed by atoms with Crippen molar-refractivity contribution < 1.29 is 14.7 Å². The summed E-state index contributed by atoms with van der Waals surface area (Å²) in [6.07, 6.45) is 3.05. The molecule has 0 aromatic carbocycles. The van der Waals surface area contributed by atoms with E-state index >= 15 is 0 Å². The summed E-state index contributed by atoms with van der Waals surface area (Å²) in [6.45, 7) is 0.348. The van der Waals surface area contributed by atoms with Crippen LogP contribution in [0.4, 0.5) is 0 Å². The molecule has 0 spiro atoms. The zero-order chi connectivity index (χ0) is 15.1. The van der Waals surface area contributed by atoms with E-state index in [0.29, 0.717) is 25.8 Å². The quantitative estimate of drug-likeness (QED) is 0.580. The molecule has 0 unspecified atom stereocenters. The van der Waals surface area contributed by atoms with Gasteiger partial charge in [0.2, 0.25) is 0 Å². The third-order valence-corrected chi connectivity index (χ3v) is 2.78. The van der Waals surface area contributed by atoms with E-state index in [1.54, 1.807) is 0 Å². The van der Waals surface area contributed by atoms with Gasteiger partial charge in [-0.25, -0.2) is 4.79 Å². The Kier molecular flexibility index (Phi) is 5.70. The Morgan fingerprint density at radius 1 is 1.30 bits per heavy atom. The fourth-order valence-corrected chi connectivity index (χ4v) is 1.60. The first-order chi connectivity index (χ1) is 9.43. The number of rotatable bonds is 7. The average Bonchev–Trinajstić information content (AvgIpc) is 2.39. The number of hydrogen-bond acceptors (Lipinski definition) is 4. The summed E-state index contributed by atoms with van der Waals surface area (Å²) < 4.78 is 0.821. The lowest BCUT2D eigenvalue weighted by atomic mass is 10.2. The topological polar surface area (TPSA) is 121 Å². The number of H-pyrrole nitrogens is 1. The van der Waals surface area contributed by atoms with Gasteiger partial charge in [-0.05, 0) is 12.8 Å². The van der Waals surface area contributed by atoms with Gasteiger partial charge in [-0.3, -0.25) is 19.0 Å². The van der Waals surface area contributed by atoms with Crippen molar-refractivity contribution in [1.82, 2.24) is 14.9 Å². The second-order valence-electron chi connectivity index (χ2n) is 4.33. The third kappa shape index (κ3) is 4.38. The molecule has 1 aromatic heterocycles. The van der Waals surface area contributed by atoms with Crippen LogP contribution >= 0.6 is 0 Å². The summed E-state index contributed by atoms with van der Waals surface area (Å²) >= 11 is 0. The van der Waals surface area contributed by atoms with E-state index in [1.165, 1.54) is 7.05 Å². The van der Waals surface area contributed by atoms with Crippen molar-refractivity contribution >= 4 is 11.9 Å². The van der Waals surface area contributed by atoms with Gasteiger partial charge in [-0.1, -0.05) is 6.42 Å². The number of carbonyl (C=O) groups is 2. The first kappa shape index (κ1) is 15.7. The van der Waals surface area contributed by atoms with Crippen LogP contribution in [-0.2, 0) is 11.8 Å². The number of carboxylic acid groups (broad SMARTS) is 1. The maximum absolute atomic E-state index is 11.7. The standard InChI is InChI=1S/C12H17N3O5/c1-15-11(19)8(7-14-12(15)20)10(18)13-6-4-2-3-5-9(16)17/h7H,2-6H2,1H3,(H,13,18)(H,14,20)(H,16,17). The molecular weight excluding hydrogens is 266 g/mol. The lowest BCUT2D eigenvalue weighted by molar-refractivity contribution is -0.137. The Morgan fingerprint density at radius 2 is 2.00 bits per heavy atom. The summed E-state index contributed by atoms with van der Waals surface area (Å²) in [5, 5.41) is 11.0. The molecule has 20 heavy (non-hydrogen) atoms. The summed E-state index contributed by atoms with van der Waals surface area (Å²) in [6, 6.07) is 0. The molecule has 0 radical (unpaired) electrons. The maximum Gasteiger partial charge on any atom is 0.328 e. The number of aliphatic carboxylic acids is 1. The van der Waals surface area contributed by atoms with Gasteiger partial charge >= 0.3 is 11.7 Å². The number of hydrogen-bond donors (Lipinski definition) is 3. The number of amides is 1. The van der Waals surface area contributed by atoms with Gasteiger partial charge in [0.1, 0.15) is 5.56 Å². The largest absolute Gasteiger partial charge is 0.481 e. The van der Waals surface area contributed by atoms with E-state index in [4.69, 9.17) is 5.11 Å². The molecule has 8 nitrogen and oxygen atoms in total. The summed E-state index contributed by atoms with van der Waals surface area (Å²) in [4.78, 5) is 47.1. The molecule has 110 valence electrons. The molecule has 0 aliphatic heterocycles. The Hall–Kier alpha value is -2.38. The van der Waals surface area contributed by atoms with Crippen LogP contribution in [0, 0.1) is 0 Å². The van der Waals surface area contributed by atoms with E-state index in [2.05, 4.69) is 10.3 Å². The second-order valence-corrected chi connectivity index (χ2v) is 4.33. The molecule has 0 atom stereocenters. The van der Waals surface area contributed by atoms with Crippen molar-refractivity contribution in [2.45, 2.75) is 25.7 Å². The number of nitrogens with one attached hydrogen (secondary N) is 2. The zero-order valence-corrected chi connectivity index (χ0v) is 11.1. The van der Waals surface area contributed by atoms with Gasteiger partial charge in [-0.2, -0.15) is 0 Å². The Balaban J connectivity index is 2.44. The fraction of sp³-hybridized carbons (Fsp3) is 0.500. The van der Waals surface area contributed by atoms with E-state index in [9.17, 15) is 19.2 Å². The monoisotopic (exact) mass is 283 g/mol. The average molecular weight is 283 g/mol. The predicted molar refractivity (Wildman–Crippen MR) is 70.7 cm³/mol. The fourth-order valence-electron chi connectivity index (χ4n) is 1.60.